The number of hydrogen-bond acceptors (Lipinski definition) is 7. The molecule has 11 atom stereocenters. The van der Waals surface area contributed by atoms with Crippen LogP contribution in [0.2, 0.25) is 0 Å². The third-order valence-electron chi connectivity index (χ3n) is 14.1. The second-order valence-corrected chi connectivity index (χ2v) is 16.7. The summed E-state index contributed by atoms with van der Waals surface area (Å²) in [5.74, 6) is -1.32. The van der Waals surface area contributed by atoms with E-state index in [-0.39, 0.29) is 35.6 Å². The normalized spacial score (nSPS) is 45.6. The van der Waals surface area contributed by atoms with E-state index in [2.05, 4.69) is 46.4 Å². The number of carbonyl (C=O) groups excluding carboxylic acids is 2. The van der Waals surface area contributed by atoms with Gasteiger partial charge in [0.25, 0.3) is 0 Å². The predicted molar refractivity (Wildman–Crippen MR) is 168 cm³/mol. The highest BCUT2D eigenvalue weighted by molar-refractivity contribution is 6.00. The van der Waals surface area contributed by atoms with Gasteiger partial charge in [0.05, 0.1) is 25.7 Å². The Bertz CT molecular complexity index is 1210. The molecule has 0 unspecified atom stereocenters. The Labute approximate surface area is 264 Å². The van der Waals surface area contributed by atoms with Crippen LogP contribution in [0.15, 0.2) is 11.6 Å². The molecule has 248 valence electrons. The van der Waals surface area contributed by atoms with Gasteiger partial charge in [-0.3, -0.25) is 14.4 Å². The molecule has 0 spiro atoms. The number of fused-ring (bicyclic) bond motifs is 3. The number of hydrogen-bond donors (Lipinski definition) is 1. The molecule has 2 bridgehead atoms. The fourth-order valence-electron chi connectivity index (χ4n) is 11.3. The quantitative estimate of drug-likeness (QED) is 0.351. The number of rotatable bonds is 8. The Morgan fingerprint density at radius 1 is 1.09 bits per heavy atom. The molecule has 1 aliphatic heterocycles. The zero-order chi connectivity index (χ0) is 32.6. The van der Waals surface area contributed by atoms with E-state index in [9.17, 15) is 19.5 Å². The maximum atomic E-state index is 14.8. The molecule has 4 fully saturated rings. The van der Waals surface area contributed by atoms with Gasteiger partial charge in [0, 0.05) is 29.7 Å². The zero-order valence-corrected chi connectivity index (χ0v) is 28.8. The van der Waals surface area contributed by atoms with Gasteiger partial charge in [-0.1, -0.05) is 54.0 Å². The highest BCUT2D eigenvalue weighted by Gasteiger charge is 2.74. The molecule has 4 aliphatic carbocycles. The van der Waals surface area contributed by atoms with Crippen LogP contribution in [0.5, 0.6) is 0 Å². The van der Waals surface area contributed by atoms with Crippen molar-refractivity contribution in [2.75, 3.05) is 40.5 Å². The minimum Gasteiger partial charge on any atom is -0.481 e. The average molecular weight is 616 g/mol. The van der Waals surface area contributed by atoms with E-state index in [4.69, 9.17) is 14.2 Å². The molecule has 3 saturated carbocycles. The summed E-state index contributed by atoms with van der Waals surface area (Å²) in [5.41, 5.74) is -1.81. The molecule has 1 heterocycles. The minimum absolute atomic E-state index is 0.0531. The smallest absolute Gasteiger partial charge is 0.308 e. The van der Waals surface area contributed by atoms with Crippen molar-refractivity contribution in [3.8, 4) is 0 Å². The Morgan fingerprint density at radius 2 is 1.77 bits per heavy atom. The van der Waals surface area contributed by atoms with E-state index in [1.165, 1.54) is 6.92 Å². The third-order valence-corrected chi connectivity index (χ3v) is 14.1. The molecule has 5 aliphatic rings. The van der Waals surface area contributed by atoms with E-state index in [1.54, 1.807) is 0 Å². The number of ketones is 1. The molecule has 0 aromatic heterocycles. The average Bonchev–Trinajstić information content (AvgIpc) is 2.91. The van der Waals surface area contributed by atoms with Gasteiger partial charge >= 0.3 is 11.9 Å². The van der Waals surface area contributed by atoms with Crippen molar-refractivity contribution in [1.82, 2.24) is 4.90 Å². The lowest BCUT2D eigenvalue weighted by Crippen LogP contribution is -2.71. The van der Waals surface area contributed by atoms with Crippen LogP contribution in [0.25, 0.3) is 0 Å². The monoisotopic (exact) mass is 615 g/mol. The third kappa shape index (κ3) is 4.58. The molecule has 0 aromatic rings. The first kappa shape index (κ1) is 33.6. The van der Waals surface area contributed by atoms with Crippen LogP contribution in [0.1, 0.15) is 87.5 Å². The molecule has 1 saturated heterocycles. The van der Waals surface area contributed by atoms with Crippen LogP contribution in [0, 0.1) is 56.7 Å². The van der Waals surface area contributed by atoms with Gasteiger partial charge in [0.15, 0.2) is 5.78 Å². The number of ether oxygens (including phenoxy) is 3. The number of carboxylic acid groups (broad SMARTS) is 1. The van der Waals surface area contributed by atoms with Gasteiger partial charge in [-0.25, -0.2) is 0 Å². The van der Waals surface area contributed by atoms with Gasteiger partial charge in [-0.05, 0) is 86.8 Å². The number of nitrogens with zero attached hydrogens (tertiary/aromatic N) is 1. The highest BCUT2D eigenvalue weighted by Crippen LogP contribution is 2.74. The fraction of sp³-hybridized carbons (Fsp3) is 0.861. The van der Waals surface area contributed by atoms with E-state index in [1.807, 2.05) is 27.1 Å². The molecule has 8 nitrogen and oxygen atoms in total. The lowest BCUT2D eigenvalue weighted by molar-refractivity contribution is -0.265. The second-order valence-electron chi connectivity index (χ2n) is 16.7. The van der Waals surface area contributed by atoms with E-state index in [0.717, 1.165) is 37.8 Å². The van der Waals surface area contributed by atoms with Gasteiger partial charge in [0.2, 0.25) is 0 Å². The summed E-state index contributed by atoms with van der Waals surface area (Å²) in [6.45, 7) is 18.7. The van der Waals surface area contributed by atoms with Gasteiger partial charge in [0.1, 0.15) is 12.2 Å². The molecule has 8 heteroatoms. The Hall–Kier alpha value is -1.77. The first-order chi connectivity index (χ1) is 20.4. The maximum Gasteiger partial charge on any atom is 0.308 e. The van der Waals surface area contributed by atoms with Crippen molar-refractivity contribution < 1.29 is 33.7 Å². The number of likely N-dealkylation sites (N-methyl/N-ethyl adjacent to an activating group) is 1. The molecule has 1 N–H and O–H groups in total. The van der Waals surface area contributed by atoms with Crippen LogP contribution < -0.4 is 0 Å². The maximum absolute atomic E-state index is 14.8. The summed E-state index contributed by atoms with van der Waals surface area (Å²) in [4.78, 5) is 42.6. The van der Waals surface area contributed by atoms with Crippen LogP contribution in [0.3, 0.4) is 0 Å². The lowest BCUT2D eigenvalue weighted by Gasteiger charge is -2.70. The van der Waals surface area contributed by atoms with Crippen molar-refractivity contribution in [2.24, 2.45) is 56.7 Å². The number of esters is 1. The molecule has 0 aromatic carbocycles. The standard InChI is InChI=1S/C36H57NO7/c1-21(2)22(3)32(5)13-14-34(7)24-11-12-27-33(6)19-42-20-36(27,25(24)17-28(39)35(34,8)29(32)31(40)41)18-26(44-23(4)38)30(33)43-16-15-37(9)10/h17,21-22,24,26-27,29-30H,11-16,18-20H2,1-10H3,(H,40,41)/t22-,24+,26-,27+,29-,30+,32-,33+,34-,35+,36+/m1/s1. The Kier molecular flexibility index (Phi) is 8.54. The number of carboxylic acids is 1. The Balaban J connectivity index is 1.62. The van der Waals surface area contributed by atoms with Crippen LogP contribution in [-0.4, -0.2) is 80.4 Å². The van der Waals surface area contributed by atoms with Crippen LogP contribution in [0.4, 0.5) is 0 Å². The zero-order valence-electron chi connectivity index (χ0n) is 28.8. The summed E-state index contributed by atoms with van der Waals surface area (Å²) in [6, 6.07) is 0. The summed E-state index contributed by atoms with van der Waals surface area (Å²) in [5, 5.41) is 10.9. The molecule has 5 rings (SSSR count). The molecule has 0 amide bonds. The second kappa shape index (κ2) is 11.2. The highest BCUT2D eigenvalue weighted by atomic mass is 16.6. The van der Waals surface area contributed by atoms with E-state index >= 15 is 0 Å². The molecule has 44 heavy (non-hydrogen) atoms. The van der Waals surface area contributed by atoms with Crippen LogP contribution >= 0.6 is 0 Å². The van der Waals surface area contributed by atoms with Crippen molar-refractivity contribution in [3.05, 3.63) is 11.6 Å². The van der Waals surface area contributed by atoms with Gasteiger partial charge in [-0.15, -0.1) is 0 Å². The van der Waals surface area contributed by atoms with Gasteiger partial charge in [-0.2, -0.15) is 0 Å². The number of allylic oxidation sites excluding steroid dienone is 1. The van der Waals surface area contributed by atoms with Gasteiger partial charge < -0.3 is 24.2 Å². The van der Waals surface area contributed by atoms with Crippen molar-refractivity contribution in [2.45, 2.75) is 99.7 Å². The summed E-state index contributed by atoms with van der Waals surface area (Å²) >= 11 is 0. The summed E-state index contributed by atoms with van der Waals surface area (Å²) in [6.07, 6.45) is 5.06. The fourth-order valence-corrected chi connectivity index (χ4v) is 11.3. The molecular formula is C36H57NO7. The van der Waals surface area contributed by atoms with Crippen molar-refractivity contribution >= 4 is 17.7 Å². The van der Waals surface area contributed by atoms with Crippen molar-refractivity contribution in [1.29, 1.82) is 0 Å². The summed E-state index contributed by atoms with van der Waals surface area (Å²) in [7, 11) is 4.03. The van der Waals surface area contributed by atoms with Crippen LogP contribution in [-0.2, 0) is 28.6 Å². The number of carbonyl (C=O) groups is 3. The SMILES string of the molecule is CC(=O)O[C@@H]1C[C@@]23COC[C@@](C)([C@@H]2CC[C@H]2C3=CC(=O)[C@@]3(C)[C@H](C(=O)O)[C@@](C)([C@H](C)C(C)C)CC[C@]23C)[C@H]1OCCN(C)C. The molecular weight excluding hydrogens is 558 g/mol. The van der Waals surface area contributed by atoms with E-state index in [0.29, 0.717) is 32.2 Å². The first-order valence-corrected chi connectivity index (χ1v) is 16.9. The first-order valence-electron chi connectivity index (χ1n) is 16.9. The Morgan fingerprint density at radius 3 is 2.36 bits per heavy atom. The summed E-state index contributed by atoms with van der Waals surface area (Å²) < 4.78 is 19.1. The van der Waals surface area contributed by atoms with E-state index < -0.39 is 45.1 Å². The number of aliphatic carboxylic acids is 1. The topological polar surface area (TPSA) is 102 Å². The lowest BCUT2D eigenvalue weighted by atomic mass is 9.34. The largest absolute Gasteiger partial charge is 0.481 e. The minimum atomic E-state index is -1.03. The molecule has 0 radical (unpaired) electrons. The predicted octanol–water partition coefficient (Wildman–Crippen LogP) is 5.63. The van der Waals surface area contributed by atoms with Crippen molar-refractivity contribution in [3.63, 3.8) is 0 Å².